The molecule has 144 valence electrons. The zero-order chi connectivity index (χ0) is 19.5. The highest BCUT2D eigenvalue weighted by Gasteiger charge is 2.25. The molecular weight excluding hydrogens is 352 g/mol. The molecule has 1 aliphatic rings. The van der Waals surface area contributed by atoms with Gasteiger partial charge < -0.3 is 10.2 Å². The first-order chi connectivity index (χ1) is 13.6. The van der Waals surface area contributed by atoms with Crippen LogP contribution in [0.15, 0.2) is 49.2 Å². The standard InChI is InChI=1S/C21H24N6O/c1-15-5-6-18(10-16(15)2)25-19-4-3-9-26(12-19)21(28)17-7-8-22-20(11-17)27-13-23-24-14-27/h5-8,10-11,13-14,19,25H,3-4,9,12H2,1-2H3/t19-/m0/s1. The monoisotopic (exact) mass is 376 g/mol. The van der Waals surface area contributed by atoms with Crippen molar-refractivity contribution in [2.45, 2.75) is 32.7 Å². The number of aromatic nitrogens is 4. The Morgan fingerprint density at radius 1 is 1.11 bits per heavy atom. The van der Waals surface area contributed by atoms with E-state index in [-0.39, 0.29) is 11.9 Å². The number of aryl methyl sites for hydroxylation is 2. The number of likely N-dealkylation sites (tertiary alicyclic amines) is 1. The first kappa shape index (κ1) is 18.2. The van der Waals surface area contributed by atoms with Gasteiger partial charge in [0.1, 0.15) is 18.5 Å². The predicted octanol–water partition coefficient (Wildman–Crippen LogP) is 3.00. The molecule has 0 spiro atoms. The number of benzene rings is 1. The molecule has 28 heavy (non-hydrogen) atoms. The minimum absolute atomic E-state index is 0.0308. The smallest absolute Gasteiger partial charge is 0.254 e. The molecule has 0 radical (unpaired) electrons. The van der Waals surface area contributed by atoms with Gasteiger partial charge in [0.25, 0.3) is 5.91 Å². The van der Waals surface area contributed by atoms with Crippen LogP contribution in [0.25, 0.3) is 5.82 Å². The van der Waals surface area contributed by atoms with Crippen LogP contribution in [-0.4, -0.2) is 49.7 Å². The van der Waals surface area contributed by atoms with Crippen molar-refractivity contribution in [3.8, 4) is 5.82 Å². The summed E-state index contributed by atoms with van der Waals surface area (Å²) in [5.41, 5.74) is 4.30. The molecule has 1 aromatic carbocycles. The Labute approximate surface area is 164 Å². The van der Waals surface area contributed by atoms with Crippen molar-refractivity contribution in [1.82, 2.24) is 24.6 Å². The Morgan fingerprint density at radius 3 is 2.71 bits per heavy atom. The molecule has 0 bridgehead atoms. The van der Waals surface area contributed by atoms with Gasteiger partial charge in [-0.25, -0.2) is 4.98 Å². The molecule has 1 saturated heterocycles. The minimum atomic E-state index is 0.0308. The number of anilines is 1. The van der Waals surface area contributed by atoms with E-state index in [0.717, 1.165) is 25.1 Å². The van der Waals surface area contributed by atoms with Crippen molar-refractivity contribution in [2.75, 3.05) is 18.4 Å². The molecule has 7 heteroatoms. The van der Waals surface area contributed by atoms with Crippen LogP contribution in [0.4, 0.5) is 5.69 Å². The number of nitrogens with one attached hydrogen (secondary N) is 1. The van der Waals surface area contributed by atoms with Crippen LogP contribution in [-0.2, 0) is 0 Å². The lowest BCUT2D eigenvalue weighted by atomic mass is 10.0. The summed E-state index contributed by atoms with van der Waals surface area (Å²) >= 11 is 0. The quantitative estimate of drug-likeness (QED) is 0.758. The highest BCUT2D eigenvalue weighted by molar-refractivity contribution is 5.94. The lowest BCUT2D eigenvalue weighted by Gasteiger charge is -2.34. The fourth-order valence-electron chi connectivity index (χ4n) is 3.54. The Kier molecular flexibility index (Phi) is 5.06. The number of amides is 1. The van der Waals surface area contributed by atoms with Crippen LogP contribution < -0.4 is 5.32 Å². The number of pyridine rings is 1. The number of hydrogen-bond donors (Lipinski definition) is 1. The third-order valence-corrected chi connectivity index (χ3v) is 5.26. The van der Waals surface area contributed by atoms with E-state index in [2.05, 4.69) is 52.5 Å². The van der Waals surface area contributed by atoms with Gasteiger partial charge in [-0.2, -0.15) is 0 Å². The van der Waals surface area contributed by atoms with E-state index in [4.69, 9.17) is 0 Å². The van der Waals surface area contributed by atoms with E-state index in [9.17, 15) is 4.79 Å². The summed E-state index contributed by atoms with van der Waals surface area (Å²) in [6.45, 7) is 5.70. The molecule has 1 amide bonds. The lowest BCUT2D eigenvalue weighted by molar-refractivity contribution is 0.0714. The van der Waals surface area contributed by atoms with E-state index in [1.54, 1.807) is 35.6 Å². The van der Waals surface area contributed by atoms with Crippen molar-refractivity contribution < 1.29 is 4.79 Å². The third kappa shape index (κ3) is 3.88. The van der Waals surface area contributed by atoms with Crippen LogP contribution >= 0.6 is 0 Å². The summed E-state index contributed by atoms with van der Waals surface area (Å²) in [5.74, 6) is 0.668. The predicted molar refractivity (Wildman–Crippen MR) is 108 cm³/mol. The van der Waals surface area contributed by atoms with Gasteiger partial charge in [-0.3, -0.25) is 9.36 Å². The molecule has 2 aromatic heterocycles. The molecule has 3 heterocycles. The van der Waals surface area contributed by atoms with Crippen molar-refractivity contribution in [3.63, 3.8) is 0 Å². The number of carbonyl (C=O) groups is 1. The van der Waals surface area contributed by atoms with Gasteiger partial charge in [0.05, 0.1) is 0 Å². The van der Waals surface area contributed by atoms with Crippen LogP contribution in [0, 0.1) is 13.8 Å². The molecule has 7 nitrogen and oxygen atoms in total. The summed E-state index contributed by atoms with van der Waals surface area (Å²) in [4.78, 5) is 19.3. The van der Waals surface area contributed by atoms with Gasteiger partial charge in [-0.15, -0.1) is 10.2 Å². The second-order valence-corrected chi connectivity index (χ2v) is 7.31. The van der Waals surface area contributed by atoms with E-state index in [1.807, 2.05) is 4.90 Å². The molecule has 1 N–H and O–H groups in total. The molecule has 1 fully saturated rings. The van der Waals surface area contributed by atoms with Crippen molar-refractivity contribution in [3.05, 3.63) is 65.9 Å². The fourth-order valence-corrected chi connectivity index (χ4v) is 3.54. The number of carbonyl (C=O) groups excluding carboxylic acids is 1. The molecule has 4 rings (SSSR count). The van der Waals surface area contributed by atoms with Gasteiger partial charge in [-0.1, -0.05) is 6.07 Å². The summed E-state index contributed by atoms with van der Waals surface area (Å²) in [6.07, 6.45) is 6.83. The first-order valence-electron chi connectivity index (χ1n) is 9.54. The minimum Gasteiger partial charge on any atom is -0.381 e. The van der Waals surface area contributed by atoms with Gasteiger partial charge in [0.2, 0.25) is 0 Å². The topological polar surface area (TPSA) is 75.9 Å². The molecule has 3 aromatic rings. The maximum atomic E-state index is 13.0. The third-order valence-electron chi connectivity index (χ3n) is 5.26. The average molecular weight is 376 g/mol. The van der Waals surface area contributed by atoms with Gasteiger partial charge in [0.15, 0.2) is 0 Å². The fraction of sp³-hybridized carbons (Fsp3) is 0.333. The number of nitrogens with zero attached hydrogens (tertiary/aromatic N) is 5. The number of hydrogen-bond acceptors (Lipinski definition) is 5. The van der Waals surface area contributed by atoms with E-state index in [0.29, 0.717) is 17.9 Å². The van der Waals surface area contributed by atoms with Crippen LogP contribution in [0.2, 0.25) is 0 Å². The zero-order valence-electron chi connectivity index (χ0n) is 16.2. The molecule has 1 aliphatic heterocycles. The molecular formula is C21H24N6O. The Balaban J connectivity index is 1.46. The summed E-state index contributed by atoms with van der Waals surface area (Å²) in [5, 5.41) is 11.2. The summed E-state index contributed by atoms with van der Waals surface area (Å²) < 4.78 is 1.69. The van der Waals surface area contributed by atoms with Gasteiger partial charge in [0, 0.05) is 36.6 Å². The SMILES string of the molecule is Cc1ccc(N[C@H]2CCCN(C(=O)c3ccnc(-n4cnnc4)c3)C2)cc1C. The highest BCUT2D eigenvalue weighted by atomic mass is 16.2. The second-order valence-electron chi connectivity index (χ2n) is 7.31. The first-order valence-corrected chi connectivity index (χ1v) is 9.54. The van der Waals surface area contributed by atoms with Crippen molar-refractivity contribution >= 4 is 11.6 Å². The van der Waals surface area contributed by atoms with Gasteiger partial charge >= 0.3 is 0 Å². The zero-order valence-corrected chi connectivity index (χ0v) is 16.2. The number of rotatable bonds is 4. The molecule has 0 saturated carbocycles. The summed E-state index contributed by atoms with van der Waals surface area (Å²) in [7, 11) is 0. The number of piperidine rings is 1. The molecule has 0 unspecified atom stereocenters. The van der Waals surface area contributed by atoms with Gasteiger partial charge in [-0.05, 0) is 62.1 Å². The van der Waals surface area contributed by atoms with Crippen LogP contribution in [0.5, 0.6) is 0 Å². The average Bonchev–Trinajstić information content (AvgIpc) is 3.25. The van der Waals surface area contributed by atoms with E-state index >= 15 is 0 Å². The largest absolute Gasteiger partial charge is 0.381 e. The Hall–Kier alpha value is -3.22. The molecule has 1 atom stereocenters. The van der Waals surface area contributed by atoms with Crippen LogP contribution in [0.1, 0.15) is 34.3 Å². The Bertz CT molecular complexity index is 969. The summed E-state index contributed by atoms with van der Waals surface area (Å²) in [6, 6.07) is 10.2. The maximum absolute atomic E-state index is 13.0. The van der Waals surface area contributed by atoms with E-state index in [1.165, 1.54) is 11.1 Å². The maximum Gasteiger partial charge on any atom is 0.254 e. The Morgan fingerprint density at radius 2 is 1.93 bits per heavy atom. The normalized spacial score (nSPS) is 16.8. The lowest BCUT2D eigenvalue weighted by Crippen LogP contribution is -2.45. The van der Waals surface area contributed by atoms with Crippen LogP contribution in [0.3, 0.4) is 0 Å². The van der Waals surface area contributed by atoms with E-state index < -0.39 is 0 Å². The molecule has 0 aliphatic carbocycles. The van der Waals surface area contributed by atoms with Crippen molar-refractivity contribution in [2.24, 2.45) is 0 Å². The second kappa shape index (κ2) is 7.80. The highest BCUT2D eigenvalue weighted by Crippen LogP contribution is 2.20. The van der Waals surface area contributed by atoms with Crippen molar-refractivity contribution in [1.29, 1.82) is 0 Å².